The summed E-state index contributed by atoms with van der Waals surface area (Å²) >= 11 is 1.35. The van der Waals surface area contributed by atoms with Crippen LogP contribution < -0.4 is 10.1 Å². The maximum atomic E-state index is 12.2. The number of amides is 1. The number of rotatable bonds is 5. The van der Waals surface area contributed by atoms with Gasteiger partial charge in [0.1, 0.15) is 5.75 Å². The van der Waals surface area contributed by atoms with Crippen LogP contribution in [0.4, 0.5) is 5.69 Å². The SMILES string of the molecule is Cc1cccc(N=C2NC(=O)/C(=C\c3ccc(OCC(C)C)cc3)S2)c1. The molecule has 134 valence electrons. The molecule has 4 nitrogen and oxygen atoms in total. The van der Waals surface area contributed by atoms with E-state index in [1.54, 1.807) is 0 Å². The first-order chi connectivity index (χ1) is 12.5. The number of carbonyl (C=O) groups is 1. The molecule has 2 aromatic rings. The van der Waals surface area contributed by atoms with Gasteiger partial charge in [0.2, 0.25) is 0 Å². The first-order valence-electron chi connectivity index (χ1n) is 8.59. The van der Waals surface area contributed by atoms with Gasteiger partial charge >= 0.3 is 0 Å². The number of hydrogen-bond donors (Lipinski definition) is 1. The molecule has 0 atom stereocenters. The fraction of sp³-hybridized carbons (Fsp3) is 0.238. The zero-order valence-electron chi connectivity index (χ0n) is 15.2. The minimum atomic E-state index is -0.124. The number of hydrogen-bond acceptors (Lipinski definition) is 4. The molecule has 0 bridgehead atoms. The number of aryl methyl sites for hydroxylation is 1. The Hall–Kier alpha value is -2.53. The monoisotopic (exact) mass is 366 g/mol. The zero-order chi connectivity index (χ0) is 18.5. The summed E-state index contributed by atoms with van der Waals surface area (Å²) < 4.78 is 5.68. The van der Waals surface area contributed by atoms with Crippen LogP contribution >= 0.6 is 11.8 Å². The van der Waals surface area contributed by atoms with Gasteiger partial charge in [0.25, 0.3) is 5.91 Å². The molecule has 1 N–H and O–H groups in total. The van der Waals surface area contributed by atoms with Crippen LogP contribution in [0.25, 0.3) is 6.08 Å². The van der Waals surface area contributed by atoms with Crippen molar-refractivity contribution in [2.24, 2.45) is 10.9 Å². The van der Waals surface area contributed by atoms with Crippen molar-refractivity contribution in [1.29, 1.82) is 0 Å². The molecule has 1 aliphatic rings. The first-order valence-corrected chi connectivity index (χ1v) is 9.40. The molecule has 0 aromatic heterocycles. The second kappa shape index (κ2) is 8.23. The predicted molar refractivity (Wildman–Crippen MR) is 109 cm³/mol. The highest BCUT2D eigenvalue weighted by molar-refractivity contribution is 8.18. The summed E-state index contributed by atoms with van der Waals surface area (Å²) in [6.07, 6.45) is 1.87. The molecule has 0 unspecified atom stereocenters. The number of nitrogens with one attached hydrogen (secondary N) is 1. The van der Waals surface area contributed by atoms with Gasteiger partial charge in [0.05, 0.1) is 17.2 Å². The fourth-order valence-electron chi connectivity index (χ4n) is 2.37. The Morgan fingerprint density at radius 3 is 2.65 bits per heavy atom. The minimum Gasteiger partial charge on any atom is -0.493 e. The maximum Gasteiger partial charge on any atom is 0.264 e. The highest BCUT2D eigenvalue weighted by Gasteiger charge is 2.23. The molecule has 1 saturated heterocycles. The van der Waals surface area contributed by atoms with E-state index in [9.17, 15) is 4.79 Å². The lowest BCUT2D eigenvalue weighted by Crippen LogP contribution is -2.19. The second-order valence-corrected chi connectivity index (χ2v) is 7.63. The summed E-state index contributed by atoms with van der Waals surface area (Å²) in [6.45, 7) is 6.94. The average Bonchev–Trinajstić information content (AvgIpc) is 2.93. The van der Waals surface area contributed by atoms with Crippen molar-refractivity contribution in [3.8, 4) is 5.75 Å². The molecule has 5 heteroatoms. The first kappa shape index (κ1) is 18.3. The molecule has 0 spiro atoms. The molecule has 1 aliphatic heterocycles. The van der Waals surface area contributed by atoms with E-state index in [-0.39, 0.29) is 5.91 Å². The quantitative estimate of drug-likeness (QED) is 0.764. The van der Waals surface area contributed by atoms with Gasteiger partial charge in [0, 0.05) is 0 Å². The predicted octanol–water partition coefficient (Wildman–Crippen LogP) is 4.92. The Morgan fingerprint density at radius 1 is 1.19 bits per heavy atom. The van der Waals surface area contributed by atoms with Crippen molar-refractivity contribution in [2.75, 3.05) is 6.61 Å². The summed E-state index contributed by atoms with van der Waals surface area (Å²) in [7, 11) is 0. The van der Waals surface area contributed by atoms with Crippen LogP contribution in [0.15, 0.2) is 58.4 Å². The number of ether oxygens (including phenoxy) is 1. The van der Waals surface area contributed by atoms with Crippen LogP contribution in [0, 0.1) is 12.8 Å². The van der Waals surface area contributed by atoms with Gasteiger partial charge in [-0.1, -0.05) is 38.1 Å². The van der Waals surface area contributed by atoms with E-state index in [0.717, 1.165) is 22.6 Å². The molecular formula is C21H22N2O2S. The Bertz CT molecular complexity index is 855. The highest BCUT2D eigenvalue weighted by Crippen LogP contribution is 2.28. The van der Waals surface area contributed by atoms with E-state index in [0.29, 0.717) is 22.6 Å². The molecule has 1 amide bonds. The number of carbonyl (C=O) groups excluding carboxylic acids is 1. The van der Waals surface area contributed by atoms with Crippen LogP contribution in [0.1, 0.15) is 25.0 Å². The number of nitrogens with zero attached hydrogens (tertiary/aromatic N) is 1. The lowest BCUT2D eigenvalue weighted by molar-refractivity contribution is -0.115. The number of aliphatic imine (C=N–C) groups is 1. The maximum absolute atomic E-state index is 12.2. The standard InChI is InChI=1S/C21H22N2O2S/c1-14(2)13-25-18-9-7-16(8-10-18)12-19-20(24)23-21(26-19)22-17-6-4-5-15(3)11-17/h4-12,14H,13H2,1-3H3,(H,22,23,24)/b19-12+. The molecule has 2 aromatic carbocycles. The number of benzene rings is 2. The Morgan fingerprint density at radius 2 is 1.96 bits per heavy atom. The van der Waals surface area contributed by atoms with Crippen molar-refractivity contribution >= 4 is 34.6 Å². The van der Waals surface area contributed by atoms with Crippen LogP contribution in [-0.4, -0.2) is 17.7 Å². The third kappa shape index (κ3) is 4.99. The van der Waals surface area contributed by atoms with Gasteiger partial charge < -0.3 is 10.1 Å². The number of thioether (sulfide) groups is 1. The van der Waals surface area contributed by atoms with Crippen LogP contribution in [0.5, 0.6) is 5.75 Å². The lowest BCUT2D eigenvalue weighted by Gasteiger charge is -2.08. The Labute approximate surface area is 158 Å². The summed E-state index contributed by atoms with van der Waals surface area (Å²) in [5.74, 6) is 1.20. The van der Waals surface area contributed by atoms with Gasteiger partial charge in [-0.3, -0.25) is 4.79 Å². The van der Waals surface area contributed by atoms with E-state index in [4.69, 9.17) is 4.74 Å². The molecule has 0 radical (unpaired) electrons. The van der Waals surface area contributed by atoms with Crippen molar-refractivity contribution in [2.45, 2.75) is 20.8 Å². The summed E-state index contributed by atoms with van der Waals surface area (Å²) in [5, 5.41) is 3.42. The van der Waals surface area contributed by atoms with Gasteiger partial charge in [-0.2, -0.15) is 0 Å². The smallest absolute Gasteiger partial charge is 0.264 e. The van der Waals surface area contributed by atoms with Crippen LogP contribution in [0.3, 0.4) is 0 Å². The fourth-order valence-corrected chi connectivity index (χ4v) is 3.21. The van der Waals surface area contributed by atoms with Crippen LogP contribution in [-0.2, 0) is 4.79 Å². The van der Waals surface area contributed by atoms with Gasteiger partial charge in [-0.15, -0.1) is 0 Å². The van der Waals surface area contributed by atoms with Crippen molar-refractivity contribution in [1.82, 2.24) is 5.32 Å². The van der Waals surface area contributed by atoms with E-state index < -0.39 is 0 Å². The average molecular weight is 366 g/mol. The molecule has 1 heterocycles. The third-order valence-corrected chi connectivity index (χ3v) is 4.55. The zero-order valence-corrected chi connectivity index (χ0v) is 16.0. The molecule has 26 heavy (non-hydrogen) atoms. The largest absolute Gasteiger partial charge is 0.493 e. The van der Waals surface area contributed by atoms with E-state index in [2.05, 4.69) is 24.2 Å². The van der Waals surface area contributed by atoms with Crippen LogP contribution in [0.2, 0.25) is 0 Å². The Balaban J connectivity index is 1.70. The molecule has 0 saturated carbocycles. The molecule has 1 fully saturated rings. The summed E-state index contributed by atoms with van der Waals surface area (Å²) in [6, 6.07) is 15.6. The van der Waals surface area contributed by atoms with Crippen molar-refractivity contribution in [3.05, 3.63) is 64.6 Å². The molecule has 0 aliphatic carbocycles. The van der Waals surface area contributed by atoms with E-state index in [1.165, 1.54) is 11.8 Å². The number of amidine groups is 1. The van der Waals surface area contributed by atoms with Gasteiger partial charge in [0.15, 0.2) is 5.17 Å². The van der Waals surface area contributed by atoms with Gasteiger partial charge in [-0.05, 0) is 66.1 Å². The van der Waals surface area contributed by atoms with E-state index in [1.807, 2.05) is 61.5 Å². The minimum absolute atomic E-state index is 0.124. The van der Waals surface area contributed by atoms with Gasteiger partial charge in [-0.25, -0.2) is 4.99 Å². The molecular weight excluding hydrogens is 344 g/mol. The summed E-state index contributed by atoms with van der Waals surface area (Å²) in [4.78, 5) is 17.3. The van der Waals surface area contributed by atoms with Crippen molar-refractivity contribution < 1.29 is 9.53 Å². The molecule has 3 rings (SSSR count). The third-order valence-electron chi connectivity index (χ3n) is 3.64. The highest BCUT2D eigenvalue weighted by atomic mass is 32.2. The second-order valence-electron chi connectivity index (χ2n) is 6.59. The Kier molecular flexibility index (Phi) is 5.78. The summed E-state index contributed by atoms with van der Waals surface area (Å²) in [5.41, 5.74) is 2.92. The normalized spacial score (nSPS) is 17.2. The lowest BCUT2D eigenvalue weighted by atomic mass is 10.2. The van der Waals surface area contributed by atoms with E-state index >= 15 is 0 Å². The van der Waals surface area contributed by atoms with Crippen molar-refractivity contribution in [3.63, 3.8) is 0 Å². The topological polar surface area (TPSA) is 50.7 Å².